The van der Waals surface area contributed by atoms with E-state index in [0.717, 1.165) is 0 Å². The van der Waals surface area contributed by atoms with E-state index in [0.29, 0.717) is 34.6 Å². The smallest absolute Gasteiger partial charge is 0.265 e. The molecule has 4 rings (SSSR count). The number of carbonyl (C=O) groups excluding carboxylic acids is 2. The first-order chi connectivity index (χ1) is 15.5. The van der Waals surface area contributed by atoms with Gasteiger partial charge in [-0.1, -0.05) is 23.9 Å². The highest BCUT2D eigenvalue weighted by atomic mass is 32.2. The van der Waals surface area contributed by atoms with Crippen LogP contribution in [0.15, 0.2) is 53.7 Å². The third kappa shape index (κ3) is 4.45. The minimum Gasteiger partial charge on any atom is -0.482 e. The van der Waals surface area contributed by atoms with Crippen LogP contribution in [0.1, 0.15) is 25.7 Å². The maximum absolute atomic E-state index is 13.0. The van der Waals surface area contributed by atoms with Gasteiger partial charge in [0.25, 0.3) is 5.91 Å². The zero-order valence-electron chi connectivity index (χ0n) is 17.6. The average Bonchev–Trinajstić information content (AvgIpc) is 3.22. The number of rotatable bonds is 7. The van der Waals surface area contributed by atoms with Gasteiger partial charge in [0.2, 0.25) is 5.91 Å². The SMILES string of the molecule is CCn1c(SCC(=O)Nc2ccc(F)cc2)nnc1[C@H](C)N1C(=O)COc2ccccc21. The Kier molecular flexibility index (Phi) is 6.40. The summed E-state index contributed by atoms with van der Waals surface area (Å²) in [4.78, 5) is 26.6. The van der Waals surface area contributed by atoms with Crippen LogP contribution in [0.5, 0.6) is 5.75 Å². The van der Waals surface area contributed by atoms with Crippen LogP contribution in [0.25, 0.3) is 0 Å². The van der Waals surface area contributed by atoms with E-state index in [1.807, 2.05) is 42.7 Å². The molecule has 166 valence electrons. The van der Waals surface area contributed by atoms with Gasteiger partial charge in [0.05, 0.1) is 17.5 Å². The van der Waals surface area contributed by atoms with Crippen molar-refractivity contribution in [1.29, 1.82) is 0 Å². The van der Waals surface area contributed by atoms with Crippen LogP contribution in [-0.2, 0) is 16.1 Å². The Balaban J connectivity index is 1.49. The lowest BCUT2D eigenvalue weighted by Gasteiger charge is -2.33. The van der Waals surface area contributed by atoms with Crippen LogP contribution in [0.2, 0.25) is 0 Å². The molecule has 1 aliphatic heterocycles. The Morgan fingerprint density at radius 1 is 1.22 bits per heavy atom. The number of hydrogen-bond acceptors (Lipinski definition) is 6. The number of halogens is 1. The first-order valence-electron chi connectivity index (χ1n) is 10.1. The predicted octanol–water partition coefficient (Wildman–Crippen LogP) is 3.65. The number of amides is 2. The standard InChI is InChI=1S/C22H22FN5O3S/c1-3-27-21(14(2)28-17-6-4-5-7-18(17)31-12-20(28)30)25-26-22(27)32-13-19(29)24-16-10-8-15(23)9-11-16/h4-11,14H,3,12-13H2,1-2H3,(H,24,29)/t14-/m0/s1. The molecule has 0 saturated carbocycles. The molecule has 1 aliphatic rings. The molecule has 2 aromatic carbocycles. The first-order valence-corrected chi connectivity index (χ1v) is 11.1. The molecule has 0 unspecified atom stereocenters. The summed E-state index contributed by atoms with van der Waals surface area (Å²) in [5.74, 6) is 0.626. The molecular weight excluding hydrogens is 433 g/mol. The highest BCUT2D eigenvalue weighted by Crippen LogP contribution is 2.37. The van der Waals surface area contributed by atoms with Crippen molar-refractivity contribution < 1.29 is 18.7 Å². The fourth-order valence-electron chi connectivity index (χ4n) is 3.54. The molecule has 1 atom stereocenters. The fraction of sp³-hybridized carbons (Fsp3) is 0.273. The number of nitrogens with one attached hydrogen (secondary N) is 1. The number of thioether (sulfide) groups is 1. The molecule has 1 N–H and O–H groups in total. The van der Waals surface area contributed by atoms with E-state index in [1.165, 1.54) is 36.0 Å². The number of ether oxygens (including phenoxy) is 1. The molecule has 0 spiro atoms. The van der Waals surface area contributed by atoms with Gasteiger partial charge in [0, 0.05) is 12.2 Å². The number of aromatic nitrogens is 3. The van der Waals surface area contributed by atoms with Gasteiger partial charge in [-0.2, -0.15) is 0 Å². The second-order valence-electron chi connectivity index (χ2n) is 7.12. The van der Waals surface area contributed by atoms with Crippen molar-refractivity contribution in [2.45, 2.75) is 31.6 Å². The molecule has 0 fully saturated rings. The molecule has 10 heteroatoms. The van der Waals surface area contributed by atoms with Gasteiger partial charge in [-0.25, -0.2) is 4.39 Å². The van der Waals surface area contributed by atoms with Crippen molar-refractivity contribution >= 4 is 35.0 Å². The van der Waals surface area contributed by atoms with Gasteiger partial charge in [-0.3, -0.25) is 14.5 Å². The van der Waals surface area contributed by atoms with Crippen molar-refractivity contribution in [3.63, 3.8) is 0 Å². The lowest BCUT2D eigenvalue weighted by molar-refractivity contribution is -0.121. The molecule has 0 aliphatic carbocycles. The zero-order valence-corrected chi connectivity index (χ0v) is 18.4. The van der Waals surface area contributed by atoms with E-state index in [9.17, 15) is 14.0 Å². The Morgan fingerprint density at radius 2 is 1.97 bits per heavy atom. The van der Waals surface area contributed by atoms with E-state index >= 15 is 0 Å². The third-order valence-electron chi connectivity index (χ3n) is 5.03. The molecule has 2 heterocycles. The Morgan fingerprint density at radius 3 is 2.72 bits per heavy atom. The topological polar surface area (TPSA) is 89.4 Å². The van der Waals surface area contributed by atoms with E-state index in [-0.39, 0.29) is 36.0 Å². The van der Waals surface area contributed by atoms with Gasteiger partial charge < -0.3 is 14.6 Å². The highest BCUT2D eigenvalue weighted by molar-refractivity contribution is 7.99. The lowest BCUT2D eigenvalue weighted by atomic mass is 10.1. The Bertz CT molecular complexity index is 1130. The van der Waals surface area contributed by atoms with Crippen LogP contribution in [0.4, 0.5) is 15.8 Å². The monoisotopic (exact) mass is 455 g/mol. The van der Waals surface area contributed by atoms with Gasteiger partial charge in [0.1, 0.15) is 11.6 Å². The summed E-state index contributed by atoms with van der Waals surface area (Å²) in [6.07, 6.45) is 0. The second kappa shape index (κ2) is 9.39. The van der Waals surface area contributed by atoms with E-state index < -0.39 is 0 Å². The maximum atomic E-state index is 13.0. The van der Waals surface area contributed by atoms with Crippen molar-refractivity contribution in [3.8, 4) is 5.75 Å². The summed E-state index contributed by atoms with van der Waals surface area (Å²) < 4.78 is 20.4. The summed E-state index contributed by atoms with van der Waals surface area (Å²) >= 11 is 1.25. The van der Waals surface area contributed by atoms with Gasteiger partial charge >= 0.3 is 0 Å². The van der Waals surface area contributed by atoms with Gasteiger partial charge in [-0.15, -0.1) is 10.2 Å². The summed E-state index contributed by atoms with van der Waals surface area (Å²) in [6, 6.07) is 12.6. The molecular formula is C22H22FN5O3S. The molecule has 0 bridgehead atoms. The minimum absolute atomic E-state index is 0.0349. The number of hydrogen-bond donors (Lipinski definition) is 1. The third-order valence-corrected chi connectivity index (χ3v) is 5.99. The summed E-state index contributed by atoms with van der Waals surface area (Å²) in [7, 11) is 0. The van der Waals surface area contributed by atoms with E-state index in [1.54, 1.807) is 4.90 Å². The van der Waals surface area contributed by atoms with Crippen LogP contribution in [0, 0.1) is 5.82 Å². The molecule has 2 amide bonds. The number of benzene rings is 2. The van der Waals surface area contributed by atoms with Crippen LogP contribution >= 0.6 is 11.8 Å². The number of fused-ring (bicyclic) bond motifs is 1. The second-order valence-corrected chi connectivity index (χ2v) is 8.07. The lowest BCUT2D eigenvalue weighted by Crippen LogP contribution is -2.41. The number of para-hydroxylation sites is 2. The number of nitrogens with zero attached hydrogens (tertiary/aromatic N) is 4. The van der Waals surface area contributed by atoms with Crippen molar-refractivity contribution in [2.24, 2.45) is 0 Å². The molecule has 32 heavy (non-hydrogen) atoms. The van der Waals surface area contributed by atoms with Crippen LogP contribution in [0.3, 0.4) is 0 Å². The molecule has 0 radical (unpaired) electrons. The first kappa shape index (κ1) is 21.8. The highest BCUT2D eigenvalue weighted by Gasteiger charge is 2.33. The Hall–Kier alpha value is -3.40. The summed E-state index contributed by atoms with van der Waals surface area (Å²) in [6.45, 7) is 4.39. The van der Waals surface area contributed by atoms with Crippen LogP contribution in [-0.4, -0.2) is 38.9 Å². The van der Waals surface area contributed by atoms with Gasteiger partial charge in [0.15, 0.2) is 17.6 Å². The molecule has 8 nitrogen and oxygen atoms in total. The molecule has 3 aromatic rings. The Labute approximate surface area is 188 Å². The quantitative estimate of drug-likeness (QED) is 0.547. The van der Waals surface area contributed by atoms with Crippen molar-refractivity contribution in [1.82, 2.24) is 14.8 Å². The van der Waals surface area contributed by atoms with E-state index in [4.69, 9.17) is 4.74 Å². The van der Waals surface area contributed by atoms with Crippen molar-refractivity contribution in [3.05, 3.63) is 60.2 Å². The summed E-state index contributed by atoms with van der Waals surface area (Å²) in [5, 5.41) is 11.9. The zero-order chi connectivity index (χ0) is 22.7. The normalized spacial score (nSPS) is 14.0. The largest absolute Gasteiger partial charge is 0.482 e. The molecule has 1 aromatic heterocycles. The predicted molar refractivity (Wildman–Crippen MR) is 119 cm³/mol. The number of anilines is 2. The average molecular weight is 456 g/mol. The maximum Gasteiger partial charge on any atom is 0.265 e. The fourth-order valence-corrected chi connectivity index (χ4v) is 4.34. The van der Waals surface area contributed by atoms with Crippen molar-refractivity contribution in [2.75, 3.05) is 22.6 Å². The minimum atomic E-state index is -0.373. The van der Waals surface area contributed by atoms with E-state index in [2.05, 4.69) is 15.5 Å². The number of carbonyl (C=O) groups is 2. The van der Waals surface area contributed by atoms with Gasteiger partial charge in [-0.05, 0) is 50.2 Å². The molecule has 0 saturated heterocycles. The summed E-state index contributed by atoms with van der Waals surface area (Å²) in [5.41, 5.74) is 1.21. The van der Waals surface area contributed by atoms with Crippen LogP contribution < -0.4 is 15.0 Å².